The summed E-state index contributed by atoms with van der Waals surface area (Å²) < 4.78 is 2.19. The van der Waals surface area contributed by atoms with Crippen molar-refractivity contribution in [2.75, 3.05) is 0 Å². The number of aryl methyl sites for hydroxylation is 1. The second-order valence-electron chi connectivity index (χ2n) is 18.1. The van der Waals surface area contributed by atoms with Gasteiger partial charge in [0.1, 0.15) is 0 Å². The van der Waals surface area contributed by atoms with Gasteiger partial charge in [0.05, 0.1) is 0 Å². The second kappa shape index (κ2) is 16.2. The maximum Gasteiger partial charge on any atom is -1.00 e. The normalized spacial score (nSPS) is 25.0. The molecule has 0 aromatic heterocycles. The van der Waals surface area contributed by atoms with Crippen molar-refractivity contribution in [1.82, 2.24) is 0 Å². The van der Waals surface area contributed by atoms with Gasteiger partial charge in [-0.1, -0.05) is 103 Å². The standard InChI is InChI=1S/C21H25.C18H25.C8H8.2ClH.Zr/c1-20(2,3)16-9-7-14-11-15-8-10-17(21(4,5)6)13-19(15)18(14)12-16;1-12-3-13(2)17(4-12)11-18-8-14-5-15(9-18)7-16(6-14)10-18;1-7-3-5-8(2)6-4-7;;;/h7-13H,1-6H3;4,12,14-16H,5-11H2,1-2H3;1,3-6H,2H3;2*1H;/q2*-1;;;;+2/p-2. The molecule has 1 unspecified atom stereocenters. The van der Waals surface area contributed by atoms with Gasteiger partial charge < -0.3 is 24.8 Å². The van der Waals surface area contributed by atoms with Gasteiger partial charge in [0, 0.05) is 0 Å². The first kappa shape index (κ1) is 41.1. The zero-order valence-electron chi connectivity index (χ0n) is 32.0. The average molecular weight is 785 g/mol. The van der Waals surface area contributed by atoms with Crippen molar-refractivity contribution < 1.29 is 49.0 Å². The molecule has 0 spiro atoms. The minimum atomic E-state index is 0. The van der Waals surface area contributed by atoms with Gasteiger partial charge in [0.2, 0.25) is 0 Å². The van der Waals surface area contributed by atoms with Crippen LogP contribution in [0, 0.1) is 42.1 Å². The van der Waals surface area contributed by atoms with E-state index in [0.29, 0.717) is 11.3 Å². The predicted molar refractivity (Wildman–Crippen MR) is 206 cm³/mol. The van der Waals surface area contributed by atoms with Gasteiger partial charge in [-0.05, 0) is 72.5 Å². The number of halogens is 2. The van der Waals surface area contributed by atoms with Gasteiger partial charge in [-0.15, -0.1) is 39.7 Å². The summed E-state index contributed by atoms with van der Waals surface area (Å²) in [6.07, 6.45) is 16.7. The molecule has 5 aliphatic carbocycles. The fourth-order valence-electron chi connectivity index (χ4n) is 9.60. The molecule has 0 aliphatic heterocycles. The minimum Gasteiger partial charge on any atom is -1.00 e. The Kier molecular flexibility index (Phi) is 13.3. The summed E-state index contributed by atoms with van der Waals surface area (Å²) in [5.74, 6) is 3.82. The van der Waals surface area contributed by atoms with Crippen molar-refractivity contribution >= 4 is 25.3 Å². The van der Waals surface area contributed by atoms with Crippen LogP contribution < -0.4 is 24.8 Å². The molecule has 4 saturated carbocycles. The van der Waals surface area contributed by atoms with Crippen LogP contribution in [0.5, 0.6) is 0 Å². The van der Waals surface area contributed by atoms with Gasteiger partial charge in [0.15, 0.2) is 0 Å². The topological polar surface area (TPSA) is 0 Å². The number of fused-ring (bicyclic) bond motifs is 3. The first-order valence-corrected chi connectivity index (χ1v) is 20.1. The van der Waals surface area contributed by atoms with Crippen LogP contribution in [0.4, 0.5) is 0 Å². The molecule has 0 nitrogen and oxygen atoms in total. The van der Waals surface area contributed by atoms with E-state index in [1.807, 2.05) is 0 Å². The van der Waals surface area contributed by atoms with Crippen molar-refractivity contribution in [1.29, 1.82) is 0 Å². The zero-order valence-corrected chi connectivity index (χ0v) is 36.0. The van der Waals surface area contributed by atoms with Crippen LogP contribution in [0.15, 0.2) is 84.0 Å². The average Bonchev–Trinajstić information content (AvgIpc) is 3.53. The molecule has 3 heteroatoms. The van der Waals surface area contributed by atoms with E-state index in [9.17, 15) is 0 Å². The van der Waals surface area contributed by atoms with Gasteiger partial charge in [-0.25, -0.2) is 5.57 Å². The Morgan fingerprint density at radius 1 is 0.740 bits per heavy atom. The van der Waals surface area contributed by atoms with Crippen LogP contribution in [-0.4, -0.2) is 3.71 Å². The quantitative estimate of drug-likeness (QED) is 0.198. The molecular formula is C47H58Cl2Zr-2. The molecule has 4 aromatic carbocycles. The summed E-state index contributed by atoms with van der Waals surface area (Å²) in [5.41, 5.74) is 9.66. The van der Waals surface area contributed by atoms with Gasteiger partial charge >= 0.3 is 70.3 Å². The van der Waals surface area contributed by atoms with E-state index in [1.54, 1.807) is 44.1 Å². The minimum absolute atomic E-state index is 0. The van der Waals surface area contributed by atoms with E-state index in [4.69, 9.17) is 0 Å². The Labute approximate surface area is 331 Å². The van der Waals surface area contributed by atoms with E-state index >= 15 is 0 Å². The third-order valence-corrected chi connectivity index (χ3v) is 12.6. The van der Waals surface area contributed by atoms with Crippen molar-refractivity contribution in [3.63, 3.8) is 0 Å². The molecule has 9 rings (SSSR count). The Hall–Kier alpha value is -1.66. The Balaban J connectivity index is 0.000000177. The van der Waals surface area contributed by atoms with Crippen molar-refractivity contribution in [2.45, 2.75) is 118 Å². The predicted octanol–water partition coefficient (Wildman–Crippen LogP) is 6.93. The summed E-state index contributed by atoms with van der Waals surface area (Å²) in [6.45, 7) is 20.3. The summed E-state index contributed by atoms with van der Waals surface area (Å²) in [4.78, 5) is 0. The SMILES string of the molecule is CC(C)(C)c1ccc2[cH-]c3ccc(C(C)(C)C)cc3c2c1.CC1=[C-]C(C)C=C1CC12CC3CC(CC(C3)C1)C2.Cc1ccc([CH]=[Zr+2])cc1.[Cl-].[Cl-]. The molecule has 0 N–H and O–H groups in total. The fourth-order valence-corrected chi connectivity index (χ4v) is 10.1. The number of hydrogen-bond acceptors (Lipinski definition) is 0. The van der Waals surface area contributed by atoms with Crippen LogP contribution in [0.1, 0.15) is 123 Å². The van der Waals surface area contributed by atoms with Crippen LogP contribution >= 0.6 is 0 Å². The molecule has 4 aromatic rings. The molecule has 0 amide bonds. The van der Waals surface area contributed by atoms with Crippen LogP contribution in [-0.2, 0) is 35.1 Å². The van der Waals surface area contributed by atoms with Crippen molar-refractivity contribution in [3.8, 4) is 0 Å². The van der Waals surface area contributed by atoms with Crippen molar-refractivity contribution in [2.24, 2.45) is 29.1 Å². The molecule has 4 fully saturated rings. The Morgan fingerprint density at radius 2 is 1.20 bits per heavy atom. The third kappa shape index (κ3) is 9.46. The maximum atomic E-state index is 3.57. The van der Waals surface area contributed by atoms with E-state index < -0.39 is 0 Å². The fraction of sp³-hybridized carbons (Fsp3) is 0.489. The van der Waals surface area contributed by atoms with E-state index in [-0.39, 0.29) is 35.6 Å². The second-order valence-corrected chi connectivity index (χ2v) is 18.9. The summed E-state index contributed by atoms with van der Waals surface area (Å²) in [5, 5.41) is 5.49. The van der Waals surface area contributed by atoms with Crippen LogP contribution in [0.25, 0.3) is 21.5 Å². The van der Waals surface area contributed by atoms with Gasteiger partial charge in [-0.3, -0.25) is 6.08 Å². The van der Waals surface area contributed by atoms with Gasteiger partial charge in [0.25, 0.3) is 0 Å². The number of allylic oxidation sites excluding steroid dienone is 4. The van der Waals surface area contributed by atoms with Crippen LogP contribution in [0.2, 0.25) is 0 Å². The monoisotopic (exact) mass is 782 g/mol. The molecule has 0 radical (unpaired) electrons. The smallest absolute Gasteiger partial charge is 1.00 e. The maximum absolute atomic E-state index is 3.57. The summed E-state index contributed by atoms with van der Waals surface area (Å²) >= 11 is 1.47. The van der Waals surface area contributed by atoms with Crippen molar-refractivity contribution in [3.05, 3.63) is 112 Å². The first-order valence-electron chi connectivity index (χ1n) is 18.6. The molecule has 0 saturated heterocycles. The van der Waals surface area contributed by atoms with E-state index in [1.165, 1.54) is 80.0 Å². The molecule has 50 heavy (non-hydrogen) atoms. The molecular weight excluding hydrogens is 727 g/mol. The molecule has 4 bridgehead atoms. The number of hydrogen-bond donors (Lipinski definition) is 0. The summed E-state index contributed by atoms with van der Waals surface area (Å²) in [7, 11) is 0. The first-order chi connectivity index (χ1) is 22.6. The molecule has 0 heterocycles. The zero-order chi connectivity index (χ0) is 34.4. The third-order valence-electron chi connectivity index (χ3n) is 11.8. The molecule has 5 aliphatic rings. The van der Waals surface area contributed by atoms with E-state index in [0.717, 1.165) is 17.8 Å². The largest absolute Gasteiger partial charge is 1.00 e. The molecule has 266 valence electrons. The number of rotatable bonds is 3. The number of benzene rings is 3. The Bertz CT molecular complexity index is 1730. The Morgan fingerprint density at radius 3 is 1.58 bits per heavy atom. The van der Waals surface area contributed by atoms with E-state index in [2.05, 4.69) is 145 Å². The van der Waals surface area contributed by atoms with Gasteiger partial charge in [-0.2, -0.15) is 11.6 Å². The van der Waals surface area contributed by atoms with Crippen LogP contribution in [0.3, 0.4) is 0 Å². The molecule has 1 atom stereocenters. The summed E-state index contributed by atoms with van der Waals surface area (Å²) in [6, 6.07) is 24.7.